The molecule has 4 saturated carbocycles. The van der Waals surface area contributed by atoms with Crippen molar-refractivity contribution in [3.05, 3.63) is 23.8 Å². The number of nitrogens with one attached hydrogen (secondary N) is 3. The predicted molar refractivity (Wildman–Crippen MR) is 223 cm³/mol. The van der Waals surface area contributed by atoms with Gasteiger partial charge in [0.15, 0.2) is 11.5 Å². The van der Waals surface area contributed by atoms with Crippen LogP contribution in [0, 0.1) is 52.3 Å². The Labute approximate surface area is 326 Å². The van der Waals surface area contributed by atoms with Crippen LogP contribution in [0.15, 0.2) is 18.2 Å². The molecule has 0 heterocycles. The molecule has 0 bridgehead atoms. The minimum Gasteiger partial charge on any atom is -0.493 e. The zero-order valence-corrected chi connectivity index (χ0v) is 35.5. The predicted octanol–water partition coefficient (Wildman–Crippen LogP) is 10.2. The summed E-state index contributed by atoms with van der Waals surface area (Å²) in [7, 11) is 3.36. The standard InChI is InChI=1S/C47H83N3O3/c1-34(2)16-14-17-35(3)39-19-20-40-45-41(23-25-47(39,40)5)46(4)24-22-38(31-37(46)32-42(45)51)50-29-13-11-9-8-10-12-26-48-27-15-28-49-33-36-18-21-43(52-6)44(30-36)53-7/h18,21,30,34-35,37-42,45,48-51H,8-17,19-20,22-29,31-33H2,1-7H3/t35-,37+,38+,39-,40?,41?,42+,45?,46+,47-/m1/s1. The minimum atomic E-state index is -0.0788. The van der Waals surface area contributed by atoms with E-state index >= 15 is 0 Å². The Hall–Kier alpha value is -1.34. The number of rotatable bonds is 23. The molecule has 6 heteroatoms. The molecular weight excluding hydrogens is 655 g/mol. The second-order valence-corrected chi connectivity index (χ2v) is 19.3. The number of aliphatic hydroxyl groups excluding tert-OH is 1. The summed E-state index contributed by atoms with van der Waals surface area (Å²) in [4.78, 5) is 0. The number of unbranched alkanes of at least 4 members (excludes halogenated alkanes) is 5. The normalized spacial score (nSPS) is 33.0. The molecule has 0 aromatic heterocycles. The fourth-order valence-corrected chi connectivity index (χ4v) is 12.5. The molecule has 3 unspecified atom stereocenters. The highest BCUT2D eigenvalue weighted by atomic mass is 16.5. The zero-order chi connectivity index (χ0) is 37.8. The van der Waals surface area contributed by atoms with Crippen molar-refractivity contribution in [2.45, 2.75) is 169 Å². The number of fused-ring (bicyclic) bond motifs is 5. The third-order valence-electron chi connectivity index (χ3n) is 15.6. The van der Waals surface area contributed by atoms with E-state index in [1.54, 1.807) is 14.2 Å². The van der Waals surface area contributed by atoms with Gasteiger partial charge in [-0.15, -0.1) is 0 Å². The largest absolute Gasteiger partial charge is 0.493 e. The van der Waals surface area contributed by atoms with Gasteiger partial charge in [-0.2, -0.15) is 0 Å². The van der Waals surface area contributed by atoms with E-state index in [1.807, 2.05) is 12.1 Å². The maximum atomic E-state index is 11.9. The number of benzene rings is 1. The van der Waals surface area contributed by atoms with Gasteiger partial charge in [0.2, 0.25) is 0 Å². The fraction of sp³-hybridized carbons (Fsp3) is 0.872. The molecule has 1 aromatic rings. The number of methoxy groups -OCH3 is 2. The van der Waals surface area contributed by atoms with Gasteiger partial charge in [0.25, 0.3) is 0 Å². The van der Waals surface area contributed by atoms with Crippen LogP contribution < -0.4 is 25.4 Å². The van der Waals surface area contributed by atoms with Crippen molar-refractivity contribution in [2.24, 2.45) is 52.3 Å². The molecule has 6 nitrogen and oxygen atoms in total. The molecule has 4 N–H and O–H groups in total. The van der Waals surface area contributed by atoms with Gasteiger partial charge >= 0.3 is 0 Å². The van der Waals surface area contributed by atoms with Crippen LogP contribution in [-0.4, -0.2) is 57.7 Å². The molecule has 5 rings (SSSR count). The first-order chi connectivity index (χ1) is 25.6. The summed E-state index contributed by atoms with van der Waals surface area (Å²) in [6, 6.07) is 6.76. The molecule has 4 fully saturated rings. The van der Waals surface area contributed by atoms with Gasteiger partial charge in [-0.25, -0.2) is 0 Å². The van der Waals surface area contributed by atoms with E-state index in [9.17, 15) is 5.11 Å². The molecule has 1 aromatic carbocycles. The number of ether oxygens (including phenoxy) is 2. The highest BCUT2D eigenvalue weighted by molar-refractivity contribution is 5.42. The van der Waals surface area contributed by atoms with Crippen LogP contribution in [0.5, 0.6) is 11.5 Å². The van der Waals surface area contributed by atoms with Crippen LogP contribution in [0.25, 0.3) is 0 Å². The summed E-state index contributed by atoms with van der Waals surface area (Å²) in [5.41, 5.74) is 2.10. The lowest BCUT2D eigenvalue weighted by Crippen LogP contribution is -2.59. The Morgan fingerprint density at radius 3 is 2.15 bits per heavy atom. The average molecular weight is 738 g/mol. The summed E-state index contributed by atoms with van der Waals surface area (Å²) < 4.78 is 10.7. The van der Waals surface area contributed by atoms with Crippen LogP contribution >= 0.6 is 0 Å². The summed E-state index contributed by atoms with van der Waals surface area (Å²) >= 11 is 0. The second-order valence-electron chi connectivity index (χ2n) is 19.3. The van der Waals surface area contributed by atoms with Gasteiger partial charge in [-0.3, -0.25) is 0 Å². The third-order valence-corrected chi connectivity index (χ3v) is 15.6. The summed E-state index contributed by atoms with van der Waals surface area (Å²) in [5.74, 6) is 6.81. The van der Waals surface area contributed by atoms with Crippen molar-refractivity contribution >= 4 is 0 Å². The quantitative estimate of drug-likeness (QED) is 0.0839. The Kier molecular flexibility index (Phi) is 16.7. The molecule has 53 heavy (non-hydrogen) atoms. The molecule has 10 atom stereocenters. The van der Waals surface area contributed by atoms with Gasteiger partial charge in [0, 0.05) is 12.6 Å². The van der Waals surface area contributed by atoms with Crippen molar-refractivity contribution in [1.82, 2.24) is 16.0 Å². The van der Waals surface area contributed by atoms with Crippen molar-refractivity contribution < 1.29 is 14.6 Å². The molecule has 0 saturated heterocycles. The molecule has 0 amide bonds. The number of hydrogen-bond acceptors (Lipinski definition) is 6. The lowest BCUT2D eigenvalue weighted by molar-refractivity contribution is -0.167. The van der Waals surface area contributed by atoms with Gasteiger partial charge in [0.1, 0.15) is 0 Å². The maximum Gasteiger partial charge on any atom is 0.161 e. The fourth-order valence-electron chi connectivity index (χ4n) is 12.5. The summed E-state index contributed by atoms with van der Waals surface area (Å²) in [6.07, 6.45) is 23.8. The van der Waals surface area contributed by atoms with E-state index in [2.05, 4.69) is 56.6 Å². The van der Waals surface area contributed by atoms with Crippen molar-refractivity contribution in [1.29, 1.82) is 0 Å². The van der Waals surface area contributed by atoms with Crippen molar-refractivity contribution in [2.75, 3.05) is 40.4 Å². The van der Waals surface area contributed by atoms with Crippen LogP contribution in [0.1, 0.15) is 156 Å². The molecular formula is C47H83N3O3. The highest BCUT2D eigenvalue weighted by Crippen LogP contribution is 2.68. The van der Waals surface area contributed by atoms with E-state index in [4.69, 9.17) is 9.47 Å². The summed E-state index contributed by atoms with van der Waals surface area (Å²) in [5, 5.41) is 23.0. The second kappa shape index (κ2) is 20.7. The third kappa shape index (κ3) is 11.0. The Morgan fingerprint density at radius 2 is 1.40 bits per heavy atom. The monoisotopic (exact) mass is 738 g/mol. The Balaban J connectivity index is 0.897. The molecule has 0 spiro atoms. The number of hydrogen-bond donors (Lipinski definition) is 4. The smallest absolute Gasteiger partial charge is 0.161 e. The average Bonchev–Trinajstić information content (AvgIpc) is 3.50. The molecule has 4 aliphatic carbocycles. The Bertz CT molecular complexity index is 1210. The first-order valence-electron chi connectivity index (χ1n) is 22.6. The lowest BCUT2D eigenvalue weighted by Gasteiger charge is -2.62. The van der Waals surface area contributed by atoms with Gasteiger partial charge in [-0.1, -0.05) is 85.6 Å². The maximum absolute atomic E-state index is 11.9. The molecule has 304 valence electrons. The first kappa shape index (κ1) is 42.8. The zero-order valence-electron chi connectivity index (χ0n) is 35.5. The van der Waals surface area contributed by atoms with Crippen LogP contribution in [0.3, 0.4) is 0 Å². The summed E-state index contributed by atoms with van der Waals surface area (Å²) in [6.45, 7) is 17.9. The number of aliphatic hydroxyl groups is 1. The highest BCUT2D eigenvalue weighted by Gasteiger charge is 2.62. The van der Waals surface area contributed by atoms with Crippen LogP contribution in [0.4, 0.5) is 0 Å². The van der Waals surface area contributed by atoms with Crippen LogP contribution in [-0.2, 0) is 6.54 Å². The van der Waals surface area contributed by atoms with Crippen molar-refractivity contribution in [3.8, 4) is 11.5 Å². The van der Waals surface area contributed by atoms with E-state index in [0.29, 0.717) is 28.7 Å². The van der Waals surface area contributed by atoms with Gasteiger partial charge < -0.3 is 30.5 Å². The van der Waals surface area contributed by atoms with Crippen molar-refractivity contribution in [3.63, 3.8) is 0 Å². The molecule has 4 aliphatic rings. The van der Waals surface area contributed by atoms with Crippen LogP contribution in [0.2, 0.25) is 0 Å². The lowest BCUT2D eigenvalue weighted by atomic mass is 9.43. The molecule has 0 radical (unpaired) electrons. The Morgan fingerprint density at radius 1 is 0.717 bits per heavy atom. The van der Waals surface area contributed by atoms with Gasteiger partial charge in [-0.05, 0) is 167 Å². The van der Waals surface area contributed by atoms with E-state index in [1.165, 1.54) is 115 Å². The van der Waals surface area contributed by atoms with Gasteiger partial charge in [0.05, 0.1) is 20.3 Å². The van der Waals surface area contributed by atoms with E-state index in [-0.39, 0.29) is 6.10 Å². The van der Waals surface area contributed by atoms with E-state index in [0.717, 1.165) is 80.1 Å². The molecule has 0 aliphatic heterocycles. The first-order valence-corrected chi connectivity index (χ1v) is 22.6. The van der Waals surface area contributed by atoms with E-state index < -0.39 is 0 Å². The SMILES string of the molecule is COc1ccc(CNCCCNCCCCCCCCN[C@H]2CC[C@]3(C)C4CC[C@@]5(C)C(CC[C@@H]5[C@H](C)CCCC(C)C)C4[C@@H](O)C[C@@H]3C2)cc1OC. The minimum absolute atomic E-state index is 0.0788. The topological polar surface area (TPSA) is 74.8 Å².